The molecule has 0 aromatic heterocycles. The van der Waals surface area contributed by atoms with Crippen molar-refractivity contribution in [3.8, 4) is 44.5 Å². The third kappa shape index (κ3) is 2.39. The molecule has 0 saturated carbocycles. The zero-order chi connectivity index (χ0) is 27.1. The Morgan fingerprint density at radius 2 is 0.571 bits per heavy atom. The molecule has 11 rings (SSSR count). The lowest BCUT2D eigenvalue weighted by atomic mass is 9.84. The van der Waals surface area contributed by atoms with Gasteiger partial charge in [-0.25, -0.2) is 0 Å². The van der Waals surface area contributed by atoms with Crippen LogP contribution in [0.2, 0.25) is 0 Å². The summed E-state index contributed by atoms with van der Waals surface area (Å²) in [6.45, 7) is 0. The van der Waals surface area contributed by atoms with Gasteiger partial charge in [-0.05, 0) is 133 Å². The molecule has 2 aliphatic rings. The molecule has 0 radical (unpaired) electrons. The largest absolute Gasteiger partial charge is 0.0616 e. The predicted molar refractivity (Wildman–Crippen MR) is 180 cm³/mol. The maximum absolute atomic E-state index is 2.45. The van der Waals surface area contributed by atoms with E-state index >= 15 is 0 Å². The molecule has 0 N–H and O–H groups in total. The molecule has 190 valence electrons. The number of rotatable bonds is 0. The lowest BCUT2D eigenvalue weighted by Crippen LogP contribution is -1.90. The topological polar surface area (TPSA) is 0 Å². The first-order valence-corrected chi connectivity index (χ1v) is 14.8. The Kier molecular flexibility index (Phi) is 3.67. The molecule has 42 heavy (non-hydrogen) atoms. The molecule has 0 heterocycles. The SMILES string of the molecule is c1ccc2cc3c(cc2c1)-c1ccc2c4c(c5c6ccccc6c6ccccc6c5c-3c14)-c1cc3ccccc3cc1-2. The Morgan fingerprint density at radius 1 is 0.238 bits per heavy atom. The van der Waals surface area contributed by atoms with Crippen molar-refractivity contribution in [3.63, 3.8) is 0 Å². The van der Waals surface area contributed by atoms with Crippen LogP contribution in [0.3, 0.4) is 0 Å². The van der Waals surface area contributed by atoms with Gasteiger partial charge in [-0.3, -0.25) is 0 Å². The fourth-order valence-electron chi connectivity index (χ4n) is 8.36. The monoisotopic (exact) mass is 526 g/mol. The summed E-state index contributed by atoms with van der Waals surface area (Å²) in [6.07, 6.45) is 0. The van der Waals surface area contributed by atoms with E-state index in [1.165, 1.54) is 109 Å². The Bertz CT molecular complexity index is 2530. The minimum Gasteiger partial charge on any atom is -0.0616 e. The van der Waals surface area contributed by atoms with E-state index in [2.05, 4.69) is 133 Å². The van der Waals surface area contributed by atoms with Gasteiger partial charge in [0, 0.05) is 0 Å². The van der Waals surface area contributed by atoms with Crippen molar-refractivity contribution in [1.29, 1.82) is 0 Å². The number of benzene rings is 9. The van der Waals surface area contributed by atoms with Crippen molar-refractivity contribution in [1.82, 2.24) is 0 Å². The molecule has 0 amide bonds. The van der Waals surface area contributed by atoms with E-state index in [4.69, 9.17) is 0 Å². The molecule has 9 aromatic rings. The van der Waals surface area contributed by atoms with E-state index in [1.807, 2.05) is 0 Å². The third-order valence-corrected chi connectivity index (χ3v) is 10.0. The highest BCUT2D eigenvalue weighted by atomic mass is 14.4. The summed E-state index contributed by atoms with van der Waals surface area (Å²) in [6, 6.07) is 50.2. The van der Waals surface area contributed by atoms with Crippen LogP contribution in [0.4, 0.5) is 0 Å². The highest BCUT2D eigenvalue weighted by molar-refractivity contribution is 6.43. The maximum Gasteiger partial charge on any atom is -0.000696 e. The number of hydrogen-bond acceptors (Lipinski definition) is 0. The van der Waals surface area contributed by atoms with E-state index in [9.17, 15) is 0 Å². The summed E-state index contributed by atoms with van der Waals surface area (Å²) < 4.78 is 0. The quantitative estimate of drug-likeness (QED) is 0.136. The molecule has 0 bridgehead atoms. The molecule has 0 aliphatic heterocycles. The third-order valence-electron chi connectivity index (χ3n) is 10.0. The highest BCUT2D eigenvalue weighted by Crippen LogP contribution is 2.62. The van der Waals surface area contributed by atoms with Gasteiger partial charge >= 0.3 is 0 Å². The Hall–Kier alpha value is -5.46. The van der Waals surface area contributed by atoms with Crippen LogP contribution >= 0.6 is 0 Å². The van der Waals surface area contributed by atoms with Crippen molar-refractivity contribution in [2.75, 3.05) is 0 Å². The first-order chi connectivity index (χ1) is 20.8. The summed E-state index contributed by atoms with van der Waals surface area (Å²) in [4.78, 5) is 0. The van der Waals surface area contributed by atoms with Crippen molar-refractivity contribution in [2.45, 2.75) is 0 Å². The Labute approximate surface area is 242 Å². The normalized spacial score (nSPS) is 12.8. The van der Waals surface area contributed by atoms with Gasteiger partial charge in [0.1, 0.15) is 0 Å². The Morgan fingerprint density at radius 3 is 0.976 bits per heavy atom. The van der Waals surface area contributed by atoms with Gasteiger partial charge in [-0.2, -0.15) is 0 Å². The van der Waals surface area contributed by atoms with Crippen molar-refractivity contribution < 1.29 is 0 Å². The lowest BCUT2D eigenvalue weighted by Gasteiger charge is -2.18. The van der Waals surface area contributed by atoms with Crippen LogP contribution in [0.1, 0.15) is 0 Å². The van der Waals surface area contributed by atoms with Gasteiger partial charge in [-0.1, -0.05) is 109 Å². The molecule has 0 atom stereocenters. The summed E-state index contributed by atoms with van der Waals surface area (Å²) in [5.41, 5.74) is 11.0. The first kappa shape index (κ1) is 21.3. The average Bonchev–Trinajstić information content (AvgIpc) is 3.54. The van der Waals surface area contributed by atoms with E-state index in [-0.39, 0.29) is 0 Å². The zero-order valence-electron chi connectivity index (χ0n) is 22.7. The van der Waals surface area contributed by atoms with Crippen LogP contribution in [0.15, 0.2) is 133 Å². The minimum absolute atomic E-state index is 1.30. The van der Waals surface area contributed by atoms with Crippen molar-refractivity contribution in [2.24, 2.45) is 0 Å². The van der Waals surface area contributed by atoms with Crippen LogP contribution < -0.4 is 0 Å². The second-order valence-electron chi connectivity index (χ2n) is 12.0. The molecule has 0 fully saturated rings. The Balaban J connectivity index is 1.49. The lowest BCUT2D eigenvalue weighted by molar-refractivity contribution is 1.72. The summed E-state index contributed by atoms with van der Waals surface area (Å²) >= 11 is 0. The zero-order valence-corrected chi connectivity index (χ0v) is 22.7. The first-order valence-electron chi connectivity index (χ1n) is 14.8. The smallest absolute Gasteiger partial charge is 0.000696 e. The van der Waals surface area contributed by atoms with Gasteiger partial charge < -0.3 is 0 Å². The van der Waals surface area contributed by atoms with Crippen molar-refractivity contribution in [3.05, 3.63) is 133 Å². The van der Waals surface area contributed by atoms with Gasteiger partial charge in [0.25, 0.3) is 0 Å². The molecular formula is C42H22. The van der Waals surface area contributed by atoms with Gasteiger partial charge in [0.15, 0.2) is 0 Å². The number of hydrogen-bond donors (Lipinski definition) is 0. The molecule has 0 nitrogen and oxygen atoms in total. The van der Waals surface area contributed by atoms with Gasteiger partial charge in [-0.15, -0.1) is 0 Å². The standard InChI is InChI=1S/C42H22/c1-3-11-25-21-35-33(19-23(25)9-1)31-17-18-32-34-20-24-10-2-4-12-26(24)22-36(34)42-38-30-16-8-6-14-28(30)27-13-5-7-15-29(27)37(38)41(35)39(31)40(32)42/h1-22H. The van der Waals surface area contributed by atoms with Gasteiger partial charge in [0.2, 0.25) is 0 Å². The van der Waals surface area contributed by atoms with E-state index < -0.39 is 0 Å². The molecule has 0 spiro atoms. The van der Waals surface area contributed by atoms with Crippen LogP contribution in [-0.4, -0.2) is 0 Å². The van der Waals surface area contributed by atoms with E-state index in [1.54, 1.807) is 0 Å². The van der Waals surface area contributed by atoms with Crippen molar-refractivity contribution >= 4 is 64.6 Å². The molecule has 0 unspecified atom stereocenters. The predicted octanol–water partition coefficient (Wildman–Crippen LogP) is 11.9. The maximum atomic E-state index is 2.45. The molecule has 2 aliphatic carbocycles. The van der Waals surface area contributed by atoms with Crippen LogP contribution in [0, 0.1) is 0 Å². The fourth-order valence-corrected chi connectivity index (χ4v) is 8.36. The highest BCUT2D eigenvalue weighted by Gasteiger charge is 2.34. The molecular weight excluding hydrogens is 504 g/mol. The minimum atomic E-state index is 1.30. The fraction of sp³-hybridized carbons (Fsp3) is 0. The molecule has 9 aromatic carbocycles. The summed E-state index contributed by atoms with van der Waals surface area (Å²) in [7, 11) is 0. The number of fused-ring (bicyclic) bond motifs is 16. The van der Waals surface area contributed by atoms with E-state index in [0.29, 0.717) is 0 Å². The van der Waals surface area contributed by atoms with Gasteiger partial charge in [0.05, 0.1) is 0 Å². The summed E-state index contributed by atoms with van der Waals surface area (Å²) in [5, 5.41) is 16.1. The molecule has 0 heteroatoms. The molecule has 0 saturated heterocycles. The second-order valence-corrected chi connectivity index (χ2v) is 12.0. The average molecular weight is 527 g/mol. The summed E-state index contributed by atoms with van der Waals surface area (Å²) in [5.74, 6) is 0. The second kappa shape index (κ2) is 7.24. The van der Waals surface area contributed by atoms with E-state index in [0.717, 1.165) is 0 Å². The van der Waals surface area contributed by atoms with Crippen LogP contribution in [-0.2, 0) is 0 Å². The van der Waals surface area contributed by atoms with Crippen LogP contribution in [0.25, 0.3) is 109 Å². The van der Waals surface area contributed by atoms with Crippen LogP contribution in [0.5, 0.6) is 0 Å².